The van der Waals surface area contributed by atoms with Gasteiger partial charge in [0.25, 0.3) is 0 Å². The number of aliphatic hydroxyl groups excluding tert-OH is 1. The first-order valence-electron chi connectivity index (χ1n) is 12.9. The number of nitrogens with one attached hydrogen (secondary N) is 1. The van der Waals surface area contributed by atoms with Gasteiger partial charge >= 0.3 is 0 Å². The van der Waals surface area contributed by atoms with E-state index in [4.69, 9.17) is 15.5 Å². The number of rotatable bonds is 8. The van der Waals surface area contributed by atoms with Crippen LogP contribution >= 0.6 is 0 Å². The highest BCUT2D eigenvalue weighted by molar-refractivity contribution is 5.78. The summed E-state index contributed by atoms with van der Waals surface area (Å²) in [5, 5.41) is 12.9. The number of nitrogens with two attached hydrogens (primary N) is 1. The van der Waals surface area contributed by atoms with Gasteiger partial charge in [-0.15, -0.1) is 0 Å². The smallest absolute Gasteiger partial charge is 0.225 e. The molecule has 0 spiro atoms. The van der Waals surface area contributed by atoms with Crippen molar-refractivity contribution < 1.29 is 14.6 Å². The van der Waals surface area contributed by atoms with Crippen LogP contribution in [-0.2, 0) is 16.1 Å². The van der Waals surface area contributed by atoms with Gasteiger partial charge in [0.15, 0.2) is 5.82 Å². The average molecular weight is 479 g/mol. The molecule has 4 aliphatic rings. The topological polar surface area (TPSA) is 117 Å². The van der Waals surface area contributed by atoms with Crippen molar-refractivity contribution in [2.24, 2.45) is 5.92 Å². The third-order valence-corrected chi connectivity index (χ3v) is 7.68. The Labute approximate surface area is 205 Å². The largest absolute Gasteiger partial charge is 0.396 e. The Kier molecular flexibility index (Phi) is 5.98. The fraction of sp³-hybridized carbons (Fsp3) is 0.577. The summed E-state index contributed by atoms with van der Waals surface area (Å²) < 4.78 is 5.51. The second-order valence-corrected chi connectivity index (χ2v) is 10.4. The maximum absolute atomic E-state index is 13.0. The highest BCUT2D eigenvalue weighted by atomic mass is 16.5. The van der Waals surface area contributed by atoms with Gasteiger partial charge in [-0.05, 0) is 56.2 Å². The number of anilines is 4. The molecule has 9 nitrogen and oxygen atoms in total. The van der Waals surface area contributed by atoms with E-state index in [-0.39, 0.29) is 24.7 Å². The molecule has 2 aliphatic carbocycles. The second kappa shape index (κ2) is 9.28. The lowest BCUT2D eigenvalue weighted by Gasteiger charge is -2.43. The van der Waals surface area contributed by atoms with E-state index in [1.54, 1.807) is 6.20 Å². The zero-order valence-electron chi connectivity index (χ0n) is 20.0. The molecule has 2 atom stereocenters. The van der Waals surface area contributed by atoms with Gasteiger partial charge in [0.2, 0.25) is 5.91 Å². The van der Waals surface area contributed by atoms with Gasteiger partial charge in [0.1, 0.15) is 0 Å². The van der Waals surface area contributed by atoms with Crippen molar-refractivity contribution in [2.45, 2.75) is 63.2 Å². The van der Waals surface area contributed by atoms with Crippen molar-refractivity contribution in [3.05, 3.63) is 35.8 Å². The van der Waals surface area contributed by atoms with E-state index in [9.17, 15) is 9.90 Å². The zero-order chi connectivity index (χ0) is 23.9. The number of amides is 1. The van der Waals surface area contributed by atoms with E-state index < -0.39 is 0 Å². The molecule has 2 aromatic rings. The van der Waals surface area contributed by atoms with Crippen molar-refractivity contribution in [2.75, 3.05) is 42.2 Å². The van der Waals surface area contributed by atoms with Crippen molar-refractivity contribution >= 4 is 28.8 Å². The van der Waals surface area contributed by atoms with E-state index in [1.165, 1.54) is 12.8 Å². The third kappa shape index (κ3) is 4.79. The molecule has 2 saturated heterocycles. The predicted octanol–water partition coefficient (Wildman–Crippen LogP) is 2.78. The Morgan fingerprint density at radius 2 is 2.03 bits per heavy atom. The van der Waals surface area contributed by atoms with E-state index >= 15 is 0 Å². The van der Waals surface area contributed by atoms with E-state index in [2.05, 4.69) is 20.1 Å². The summed E-state index contributed by atoms with van der Waals surface area (Å²) >= 11 is 0. The number of pyridine rings is 2. The van der Waals surface area contributed by atoms with Crippen LogP contribution < -0.4 is 16.0 Å². The number of ether oxygens (including phenoxy) is 1. The number of aromatic nitrogens is 2. The highest BCUT2D eigenvalue weighted by Gasteiger charge is 2.42. The van der Waals surface area contributed by atoms with Gasteiger partial charge in [-0.2, -0.15) is 0 Å². The van der Waals surface area contributed by atoms with Crippen LogP contribution in [0.3, 0.4) is 0 Å². The monoisotopic (exact) mass is 478 g/mol. The number of hydrogen-bond acceptors (Lipinski definition) is 8. The van der Waals surface area contributed by atoms with Gasteiger partial charge < -0.3 is 30.7 Å². The summed E-state index contributed by atoms with van der Waals surface area (Å²) in [7, 11) is 0. The molecule has 4 fully saturated rings. The molecule has 1 amide bonds. The van der Waals surface area contributed by atoms with Gasteiger partial charge in [0.05, 0.1) is 47.9 Å². The zero-order valence-corrected chi connectivity index (χ0v) is 20.0. The summed E-state index contributed by atoms with van der Waals surface area (Å²) in [6.07, 6.45) is 7.90. The van der Waals surface area contributed by atoms with E-state index in [1.807, 2.05) is 18.2 Å². The molecule has 0 bridgehead atoms. The fourth-order valence-corrected chi connectivity index (χ4v) is 5.31. The lowest BCUT2D eigenvalue weighted by Crippen LogP contribution is -2.57. The number of carbonyl (C=O) groups is 1. The number of nitrogens with zero attached hydrogens (tertiary/aromatic N) is 4. The molecule has 6 rings (SSSR count). The van der Waals surface area contributed by atoms with E-state index in [0.717, 1.165) is 61.8 Å². The number of aliphatic hydroxyl groups is 1. The molecule has 9 heteroatoms. The highest BCUT2D eigenvalue weighted by Crippen LogP contribution is 2.45. The van der Waals surface area contributed by atoms with Crippen LogP contribution in [0.1, 0.15) is 55.8 Å². The molecular weight excluding hydrogens is 444 g/mol. The Morgan fingerprint density at radius 1 is 1.20 bits per heavy atom. The molecule has 0 aromatic carbocycles. The van der Waals surface area contributed by atoms with Crippen LogP contribution in [0.15, 0.2) is 24.4 Å². The predicted molar refractivity (Wildman–Crippen MR) is 133 cm³/mol. The molecule has 2 saturated carbocycles. The Balaban J connectivity index is 1.22. The number of carbonyl (C=O) groups excluding carboxylic acids is 1. The van der Waals surface area contributed by atoms with Gasteiger partial charge in [-0.3, -0.25) is 9.78 Å². The lowest BCUT2D eigenvalue weighted by atomic mass is 10.0. The van der Waals surface area contributed by atoms with Gasteiger partial charge in [-0.25, -0.2) is 4.98 Å². The molecule has 2 aromatic heterocycles. The van der Waals surface area contributed by atoms with Crippen molar-refractivity contribution in [3.8, 4) is 0 Å². The van der Waals surface area contributed by atoms with Crippen LogP contribution in [0.5, 0.6) is 0 Å². The number of piperazine rings is 1. The van der Waals surface area contributed by atoms with Crippen molar-refractivity contribution in [3.63, 3.8) is 0 Å². The second-order valence-electron chi connectivity index (χ2n) is 10.4. The first-order chi connectivity index (χ1) is 17.1. The normalized spacial score (nSPS) is 24.3. The first kappa shape index (κ1) is 22.5. The van der Waals surface area contributed by atoms with E-state index in [0.29, 0.717) is 36.2 Å². The molecule has 2 aliphatic heterocycles. The Bertz CT molecular complexity index is 1100. The quantitative estimate of drug-likeness (QED) is 0.530. The number of nitrogen functional groups attached to an aromatic ring is 1. The van der Waals surface area contributed by atoms with Crippen LogP contribution in [0.2, 0.25) is 0 Å². The van der Waals surface area contributed by atoms with Crippen LogP contribution in [0.25, 0.3) is 0 Å². The maximum atomic E-state index is 13.0. The summed E-state index contributed by atoms with van der Waals surface area (Å²) in [6.45, 7) is 2.89. The summed E-state index contributed by atoms with van der Waals surface area (Å²) in [4.78, 5) is 26.7. The average Bonchev–Trinajstić information content (AvgIpc) is 3.75. The molecule has 186 valence electrons. The molecule has 35 heavy (non-hydrogen) atoms. The van der Waals surface area contributed by atoms with Crippen molar-refractivity contribution in [1.82, 2.24) is 14.9 Å². The third-order valence-electron chi connectivity index (χ3n) is 7.68. The summed E-state index contributed by atoms with van der Waals surface area (Å²) in [5.74, 6) is 2.07. The molecule has 0 unspecified atom stereocenters. The molecule has 4 heterocycles. The van der Waals surface area contributed by atoms with Crippen LogP contribution in [0, 0.1) is 5.92 Å². The fourth-order valence-electron chi connectivity index (χ4n) is 5.31. The minimum absolute atomic E-state index is 0.103. The standard InChI is InChI=1S/C26H34N6O3/c27-21-13-22(29-18-5-7-28-19(11-18)15-33)25(17-3-4-17)30-26(21)31-8-9-32(23(14-31)16-1-2-16)24(34)12-20-6-10-35-20/h5,7,11,13,16-17,20,23,33H,1-4,6,8-10,12,14-15,27H2,(H,28,29)/t20-,23+/m1/s1. The Morgan fingerprint density at radius 3 is 2.71 bits per heavy atom. The molecule has 0 radical (unpaired) electrons. The van der Waals surface area contributed by atoms with Crippen LogP contribution in [0.4, 0.5) is 22.9 Å². The van der Waals surface area contributed by atoms with Gasteiger partial charge in [0, 0.05) is 44.0 Å². The van der Waals surface area contributed by atoms with Crippen LogP contribution in [-0.4, -0.2) is 64.3 Å². The van der Waals surface area contributed by atoms with Crippen molar-refractivity contribution in [1.29, 1.82) is 0 Å². The SMILES string of the molecule is Nc1cc(Nc2ccnc(CO)c2)c(C2CC2)nc1N1CCN(C(=O)C[C@H]2CCO2)[C@H](C2CC2)C1. The molecular formula is C26H34N6O3. The Hall–Kier alpha value is -2.91. The van der Waals surface area contributed by atoms with Gasteiger partial charge in [-0.1, -0.05) is 0 Å². The summed E-state index contributed by atoms with van der Waals surface area (Å²) in [5.41, 5.74) is 10.7. The maximum Gasteiger partial charge on any atom is 0.225 e. The first-order valence-corrected chi connectivity index (χ1v) is 12.9. The lowest BCUT2D eigenvalue weighted by molar-refractivity contribution is -0.142. The minimum atomic E-state index is -0.103. The molecule has 4 N–H and O–H groups in total. The minimum Gasteiger partial charge on any atom is -0.396 e. The number of hydrogen-bond donors (Lipinski definition) is 3. The summed E-state index contributed by atoms with van der Waals surface area (Å²) in [6, 6.07) is 5.93.